The molecule has 55 heavy (non-hydrogen) atoms. The molecule has 0 aliphatic carbocycles. The number of nitrogens with zero attached hydrogens (tertiary/aromatic N) is 3. The third-order valence-corrected chi connectivity index (χ3v) is 11.4. The van der Waals surface area contributed by atoms with Crippen molar-refractivity contribution in [2.24, 2.45) is 0 Å². The molecule has 2 aromatic heterocycles. The first-order valence-corrected chi connectivity index (χ1v) is 19.3. The number of aromatic nitrogens is 3. The summed E-state index contributed by atoms with van der Waals surface area (Å²) in [6, 6.07) is 70.5. The zero-order valence-corrected chi connectivity index (χ0v) is 30.6. The second-order valence-corrected chi connectivity index (χ2v) is 14.7. The van der Waals surface area contributed by atoms with Gasteiger partial charge in [-0.1, -0.05) is 182 Å². The highest BCUT2D eigenvalue weighted by Gasteiger charge is 2.16. The van der Waals surface area contributed by atoms with Crippen molar-refractivity contribution in [1.29, 1.82) is 0 Å². The van der Waals surface area contributed by atoms with Crippen LogP contribution in [0.4, 0.5) is 0 Å². The topological polar surface area (TPSA) is 38.7 Å². The summed E-state index contributed by atoms with van der Waals surface area (Å²) in [7, 11) is 0. The lowest BCUT2D eigenvalue weighted by Crippen LogP contribution is -2.01. The van der Waals surface area contributed by atoms with E-state index >= 15 is 0 Å². The summed E-state index contributed by atoms with van der Waals surface area (Å²) in [5.74, 6) is 1.93. The Balaban J connectivity index is 0.996. The molecule has 0 aliphatic heterocycles. The van der Waals surface area contributed by atoms with E-state index in [0.29, 0.717) is 17.5 Å². The molecule has 10 rings (SSSR count). The van der Waals surface area contributed by atoms with E-state index in [4.69, 9.17) is 15.0 Å². The van der Waals surface area contributed by atoms with Gasteiger partial charge in [0.1, 0.15) is 0 Å². The molecule has 0 radical (unpaired) electrons. The van der Waals surface area contributed by atoms with E-state index in [-0.39, 0.29) is 0 Å². The highest BCUT2D eigenvalue weighted by molar-refractivity contribution is 7.26. The van der Waals surface area contributed by atoms with Crippen LogP contribution in [0.2, 0.25) is 0 Å². The molecule has 0 spiro atoms. The molecule has 4 heteroatoms. The van der Waals surface area contributed by atoms with Gasteiger partial charge in [-0.15, -0.1) is 11.3 Å². The summed E-state index contributed by atoms with van der Waals surface area (Å²) in [5, 5.41) is 2.64. The molecule has 10 aromatic rings. The predicted octanol–water partition coefficient (Wildman–Crippen LogP) is 13.9. The third kappa shape index (κ3) is 6.29. The van der Waals surface area contributed by atoms with E-state index < -0.39 is 0 Å². The molecular weight excluding hydrogens is 687 g/mol. The summed E-state index contributed by atoms with van der Waals surface area (Å²) < 4.78 is 2.65. The normalized spacial score (nSPS) is 11.3. The van der Waals surface area contributed by atoms with Crippen LogP contribution < -0.4 is 0 Å². The molecule has 0 unspecified atom stereocenters. The molecule has 0 fully saturated rings. The highest BCUT2D eigenvalue weighted by atomic mass is 32.1. The molecule has 8 aromatic carbocycles. The molecule has 3 nitrogen and oxygen atoms in total. The number of rotatable bonds is 7. The molecule has 0 aliphatic rings. The fourth-order valence-electron chi connectivity index (χ4n) is 7.42. The lowest BCUT2D eigenvalue weighted by atomic mass is 9.95. The van der Waals surface area contributed by atoms with Gasteiger partial charge in [0.05, 0.1) is 0 Å². The van der Waals surface area contributed by atoms with Gasteiger partial charge < -0.3 is 0 Å². The van der Waals surface area contributed by atoms with Crippen LogP contribution in [0.1, 0.15) is 0 Å². The second kappa shape index (κ2) is 14.1. The van der Waals surface area contributed by atoms with E-state index in [2.05, 4.69) is 158 Å². The first-order valence-electron chi connectivity index (χ1n) is 18.4. The van der Waals surface area contributed by atoms with E-state index in [1.165, 1.54) is 42.4 Å². The van der Waals surface area contributed by atoms with Gasteiger partial charge >= 0.3 is 0 Å². The smallest absolute Gasteiger partial charge is 0.164 e. The fraction of sp³-hybridized carbons (Fsp3) is 0. The molecule has 0 bridgehead atoms. The highest BCUT2D eigenvalue weighted by Crippen LogP contribution is 2.41. The van der Waals surface area contributed by atoms with E-state index in [9.17, 15) is 0 Å². The van der Waals surface area contributed by atoms with Crippen molar-refractivity contribution in [2.75, 3.05) is 0 Å². The van der Waals surface area contributed by atoms with Crippen LogP contribution in [0.25, 0.3) is 98.8 Å². The summed E-state index contributed by atoms with van der Waals surface area (Å²) in [6.07, 6.45) is 0. The number of hydrogen-bond acceptors (Lipinski definition) is 4. The third-order valence-electron chi connectivity index (χ3n) is 10.2. The Labute approximate surface area is 323 Å². The molecule has 0 amide bonds. The largest absolute Gasteiger partial charge is 0.208 e. The fourth-order valence-corrected chi connectivity index (χ4v) is 8.66. The van der Waals surface area contributed by atoms with Crippen molar-refractivity contribution in [3.8, 4) is 78.7 Å². The molecule has 0 saturated carbocycles. The van der Waals surface area contributed by atoms with Crippen LogP contribution in [0, 0.1) is 0 Å². The van der Waals surface area contributed by atoms with Crippen LogP contribution >= 0.6 is 11.3 Å². The predicted molar refractivity (Wildman–Crippen MR) is 231 cm³/mol. The monoisotopic (exact) mass is 719 g/mol. The maximum Gasteiger partial charge on any atom is 0.164 e. The van der Waals surface area contributed by atoms with Crippen molar-refractivity contribution in [3.05, 3.63) is 200 Å². The first-order chi connectivity index (χ1) is 27.2. The second-order valence-electron chi connectivity index (χ2n) is 13.6. The maximum atomic E-state index is 5.08. The lowest BCUT2D eigenvalue weighted by Gasteiger charge is -2.12. The Morgan fingerprint density at radius 2 is 0.727 bits per heavy atom. The summed E-state index contributed by atoms with van der Waals surface area (Å²) >= 11 is 1.87. The molecule has 0 N–H and O–H groups in total. The van der Waals surface area contributed by atoms with Gasteiger partial charge in [0.15, 0.2) is 17.5 Å². The quantitative estimate of drug-likeness (QED) is 0.165. The molecule has 258 valence electrons. The molecule has 0 atom stereocenters. The number of hydrogen-bond donors (Lipinski definition) is 0. The Hall–Kier alpha value is -7.01. The minimum atomic E-state index is 0.637. The van der Waals surface area contributed by atoms with Gasteiger partial charge in [-0.2, -0.15) is 0 Å². The Bertz CT molecular complexity index is 2970. The summed E-state index contributed by atoms with van der Waals surface area (Å²) in [6.45, 7) is 0. The van der Waals surface area contributed by atoms with Crippen LogP contribution in [-0.4, -0.2) is 15.0 Å². The zero-order valence-electron chi connectivity index (χ0n) is 29.8. The summed E-state index contributed by atoms with van der Waals surface area (Å²) in [5.41, 5.74) is 12.2. The van der Waals surface area contributed by atoms with Crippen LogP contribution in [-0.2, 0) is 0 Å². The first kappa shape index (κ1) is 32.6. The van der Waals surface area contributed by atoms with E-state index in [1.54, 1.807) is 0 Å². The Morgan fingerprint density at radius 3 is 1.45 bits per heavy atom. The van der Waals surface area contributed by atoms with Crippen molar-refractivity contribution >= 4 is 31.5 Å². The van der Waals surface area contributed by atoms with Crippen LogP contribution in [0.15, 0.2) is 200 Å². The lowest BCUT2D eigenvalue weighted by molar-refractivity contribution is 1.07. The van der Waals surface area contributed by atoms with E-state index in [1.807, 2.05) is 53.8 Å². The molecular formula is C51H33N3S. The van der Waals surface area contributed by atoms with Gasteiger partial charge in [0.25, 0.3) is 0 Å². The van der Waals surface area contributed by atoms with Gasteiger partial charge in [0.2, 0.25) is 0 Å². The SMILES string of the molecule is c1ccc(-c2nc(-c3ccc(-c4cccc(-c5cccc(-c6cccc7c6sc6ccccc67)c5)c4)cc3)nc(-c3ccccc3-c3ccccc3)n2)cc1. The number of benzene rings is 8. The van der Waals surface area contributed by atoms with Crippen molar-refractivity contribution in [3.63, 3.8) is 0 Å². The average Bonchev–Trinajstić information content (AvgIpc) is 3.66. The van der Waals surface area contributed by atoms with Gasteiger partial charge in [-0.05, 0) is 62.7 Å². The average molecular weight is 720 g/mol. The molecule has 2 heterocycles. The number of thiophene rings is 1. The molecule has 0 saturated heterocycles. The Kier molecular flexibility index (Phi) is 8.36. The van der Waals surface area contributed by atoms with Gasteiger partial charge in [-0.25, -0.2) is 15.0 Å². The van der Waals surface area contributed by atoms with Crippen molar-refractivity contribution in [2.45, 2.75) is 0 Å². The Morgan fingerprint density at radius 1 is 0.273 bits per heavy atom. The zero-order chi connectivity index (χ0) is 36.6. The maximum absolute atomic E-state index is 5.08. The van der Waals surface area contributed by atoms with Crippen molar-refractivity contribution < 1.29 is 0 Å². The number of fused-ring (bicyclic) bond motifs is 3. The minimum Gasteiger partial charge on any atom is -0.208 e. The van der Waals surface area contributed by atoms with Crippen LogP contribution in [0.3, 0.4) is 0 Å². The van der Waals surface area contributed by atoms with Gasteiger partial charge in [0, 0.05) is 36.9 Å². The van der Waals surface area contributed by atoms with Crippen molar-refractivity contribution in [1.82, 2.24) is 15.0 Å². The van der Waals surface area contributed by atoms with E-state index in [0.717, 1.165) is 38.9 Å². The summed E-state index contributed by atoms with van der Waals surface area (Å²) in [4.78, 5) is 15.1. The minimum absolute atomic E-state index is 0.637. The standard InChI is InChI=1S/C51H33N3S/c1-3-14-35(15-4-1)42-22-7-8-24-46(42)51-53-49(36-16-5-2-6-17-36)52-50(54-51)37-30-28-34(29-31-37)38-18-11-19-39(32-38)40-20-12-21-41(33-40)43-25-13-26-45-44-23-9-10-27-47(44)55-48(43)45/h1-33H. The van der Waals surface area contributed by atoms with Crippen LogP contribution in [0.5, 0.6) is 0 Å². The van der Waals surface area contributed by atoms with Gasteiger partial charge in [-0.3, -0.25) is 0 Å².